The Balaban J connectivity index is 2.39. The number of rotatable bonds is 2. The smallest absolute Gasteiger partial charge is 0.133 e. The van der Waals surface area contributed by atoms with Crippen LogP contribution >= 0.6 is 0 Å². The van der Waals surface area contributed by atoms with E-state index in [9.17, 15) is 13.6 Å². The van der Waals surface area contributed by atoms with E-state index < -0.39 is 11.3 Å². The van der Waals surface area contributed by atoms with Gasteiger partial charge in [-0.2, -0.15) is 0 Å². The van der Waals surface area contributed by atoms with E-state index in [0.717, 1.165) is 0 Å². The molecular weight excluding hydrogens is 178 g/mol. The fourth-order valence-electron chi connectivity index (χ4n) is 1.41. The predicted octanol–water partition coefficient (Wildman–Crippen LogP) is 0.0815. The molecule has 70 valence electrons. The van der Waals surface area contributed by atoms with Gasteiger partial charge in [-0.3, -0.25) is 9.00 Å². The minimum Gasteiger partial charge on any atom is -0.760 e. The Bertz CT molecular complexity index is 177. The Hall–Kier alpha value is -0.260. The van der Waals surface area contributed by atoms with Gasteiger partial charge >= 0.3 is 0 Å². The maximum Gasteiger partial charge on any atom is 0.133 e. The lowest BCUT2D eigenvalue weighted by Gasteiger charge is -2.31. The Kier molecular flexibility index (Phi) is 3.37. The SMILES string of the molecule is CC(=O)C1CCN(S(=O)[O-])CC1. The van der Waals surface area contributed by atoms with E-state index in [4.69, 9.17) is 0 Å². The van der Waals surface area contributed by atoms with Gasteiger partial charge in [0.1, 0.15) is 5.78 Å². The first-order valence-electron chi connectivity index (χ1n) is 3.96. The van der Waals surface area contributed by atoms with Gasteiger partial charge < -0.3 is 4.55 Å². The highest BCUT2D eigenvalue weighted by Crippen LogP contribution is 2.18. The third kappa shape index (κ3) is 2.36. The lowest BCUT2D eigenvalue weighted by molar-refractivity contribution is -0.121. The maximum atomic E-state index is 10.9. The summed E-state index contributed by atoms with van der Waals surface area (Å²) in [5, 5.41) is 0. The lowest BCUT2D eigenvalue weighted by Crippen LogP contribution is -2.36. The summed E-state index contributed by atoms with van der Waals surface area (Å²) in [6, 6.07) is 0. The van der Waals surface area contributed by atoms with Crippen molar-refractivity contribution in [2.45, 2.75) is 19.8 Å². The van der Waals surface area contributed by atoms with Gasteiger partial charge in [-0.25, -0.2) is 4.31 Å². The van der Waals surface area contributed by atoms with Gasteiger partial charge in [-0.1, -0.05) is 0 Å². The first-order chi connectivity index (χ1) is 5.61. The number of piperidine rings is 1. The molecule has 0 amide bonds. The summed E-state index contributed by atoms with van der Waals surface area (Å²) in [4.78, 5) is 10.9. The van der Waals surface area contributed by atoms with E-state index >= 15 is 0 Å². The molecule has 1 heterocycles. The van der Waals surface area contributed by atoms with Gasteiger partial charge in [0.15, 0.2) is 0 Å². The van der Waals surface area contributed by atoms with E-state index in [2.05, 4.69) is 0 Å². The largest absolute Gasteiger partial charge is 0.760 e. The molecule has 1 aliphatic heterocycles. The molecule has 1 aliphatic rings. The van der Waals surface area contributed by atoms with E-state index in [1.54, 1.807) is 6.92 Å². The standard InChI is InChI=1S/C7H13NO3S/c1-6(9)7-2-4-8(5-3-7)12(10)11/h7H,2-5H2,1H3,(H,10,11)/p-1. The third-order valence-corrected chi connectivity index (χ3v) is 3.03. The van der Waals surface area contributed by atoms with Crippen LogP contribution in [0.5, 0.6) is 0 Å². The zero-order valence-electron chi connectivity index (χ0n) is 6.99. The van der Waals surface area contributed by atoms with Gasteiger partial charge in [0.2, 0.25) is 0 Å². The number of hydrogen-bond donors (Lipinski definition) is 0. The van der Waals surface area contributed by atoms with Gasteiger partial charge in [0.05, 0.1) is 0 Å². The average molecular weight is 190 g/mol. The molecule has 0 bridgehead atoms. The molecule has 0 saturated carbocycles. The predicted molar refractivity (Wildman–Crippen MR) is 43.9 cm³/mol. The summed E-state index contributed by atoms with van der Waals surface area (Å²) in [5.41, 5.74) is 0. The van der Waals surface area contributed by atoms with Crippen LogP contribution in [-0.2, 0) is 16.1 Å². The van der Waals surface area contributed by atoms with Crippen LogP contribution in [0.1, 0.15) is 19.8 Å². The van der Waals surface area contributed by atoms with Crippen molar-refractivity contribution >= 4 is 17.0 Å². The lowest BCUT2D eigenvalue weighted by atomic mass is 9.95. The van der Waals surface area contributed by atoms with Gasteiger partial charge in [-0.05, 0) is 19.8 Å². The van der Waals surface area contributed by atoms with E-state index in [-0.39, 0.29) is 11.7 Å². The summed E-state index contributed by atoms with van der Waals surface area (Å²) in [7, 11) is 0. The molecule has 4 nitrogen and oxygen atoms in total. The highest BCUT2D eigenvalue weighted by Gasteiger charge is 2.22. The number of carbonyl (C=O) groups is 1. The van der Waals surface area contributed by atoms with Crippen molar-refractivity contribution in [3.05, 3.63) is 0 Å². The number of hydrogen-bond acceptors (Lipinski definition) is 3. The highest BCUT2D eigenvalue weighted by atomic mass is 32.2. The van der Waals surface area contributed by atoms with Crippen molar-refractivity contribution in [2.24, 2.45) is 5.92 Å². The van der Waals surface area contributed by atoms with Crippen molar-refractivity contribution in [1.29, 1.82) is 0 Å². The van der Waals surface area contributed by atoms with Crippen molar-refractivity contribution in [1.82, 2.24) is 4.31 Å². The normalized spacial score (nSPS) is 23.8. The molecule has 0 aromatic heterocycles. The second-order valence-corrected chi connectivity index (χ2v) is 3.98. The molecule has 12 heavy (non-hydrogen) atoms. The first-order valence-corrected chi connectivity index (χ1v) is 4.99. The number of nitrogens with zero attached hydrogens (tertiary/aromatic N) is 1. The van der Waals surface area contributed by atoms with Crippen LogP contribution in [0, 0.1) is 5.92 Å². The summed E-state index contributed by atoms with van der Waals surface area (Å²) >= 11 is -2.11. The zero-order chi connectivity index (χ0) is 9.14. The van der Waals surface area contributed by atoms with Gasteiger partial charge in [0, 0.05) is 30.3 Å². The molecule has 0 radical (unpaired) electrons. The van der Waals surface area contributed by atoms with Crippen LogP contribution in [0.15, 0.2) is 0 Å². The third-order valence-electron chi connectivity index (χ3n) is 2.24. The Morgan fingerprint density at radius 3 is 2.33 bits per heavy atom. The minimum absolute atomic E-state index is 0.0739. The first kappa shape index (κ1) is 9.83. The fraction of sp³-hybridized carbons (Fsp3) is 0.857. The average Bonchev–Trinajstić information content (AvgIpc) is 2.04. The number of carbonyl (C=O) groups excluding carboxylic acids is 1. The van der Waals surface area contributed by atoms with Crippen LogP contribution in [-0.4, -0.2) is 31.9 Å². The molecule has 0 aromatic rings. The highest BCUT2D eigenvalue weighted by molar-refractivity contribution is 7.76. The topological polar surface area (TPSA) is 60.4 Å². The van der Waals surface area contributed by atoms with Crippen molar-refractivity contribution in [3.8, 4) is 0 Å². The zero-order valence-corrected chi connectivity index (χ0v) is 7.80. The number of Topliss-reactive ketones (excluding diaryl/α,β-unsaturated/α-hetero) is 1. The van der Waals surface area contributed by atoms with Crippen LogP contribution in [0.3, 0.4) is 0 Å². The molecule has 0 N–H and O–H groups in total. The Morgan fingerprint density at radius 2 is 2.00 bits per heavy atom. The molecule has 1 fully saturated rings. The summed E-state index contributed by atoms with van der Waals surface area (Å²) in [6.45, 7) is 2.54. The molecule has 0 aliphatic carbocycles. The number of ketones is 1. The van der Waals surface area contributed by atoms with E-state index in [0.29, 0.717) is 25.9 Å². The van der Waals surface area contributed by atoms with E-state index in [1.165, 1.54) is 4.31 Å². The van der Waals surface area contributed by atoms with Gasteiger partial charge in [0.25, 0.3) is 0 Å². The van der Waals surface area contributed by atoms with Gasteiger partial charge in [-0.15, -0.1) is 0 Å². The molecule has 1 rings (SSSR count). The molecule has 1 saturated heterocycles. The van der Waals surface area contributed by atoms with Crippen LogP contribution < -0.4 is 0 Å². The quantitative estimate of drug-likeness (QED) is 0.579. The summed E-state index contributed by atoms with van der Waals surface area (Å²) < 4.78 is 22.3. The molecule has 1 atom stereocenters. The molecule has 5 heteroatoms. The van der Waals surface area contributed by atoms with Crippen molar-refractivity contribution in [3.63, 3.8) is 0 Å². The molecule has 0 spiro atoms. The van der Waals surface area contributed by atoms with Crippen LogP contribution in [0.25, 0.3) is 0 Å². The van der Waals surface area contributed by atoms with Crippen LogP contribution in [0.2, 0.25) is 0 Å². The Labute approximate surface area is 74.4 Å². The van der Waals surface area contributed by atoms with Crippen molar-refractivity contribution < 1.29 is 13.6 Å². The summed E-state index contributed by atoms with van der Waals surface area (Å²) in [6.07, 6.45) is 1.34. The molecular formula is C7H12NO3S-. The fourth-order valence-corrected chi connectivity index (χ4v) is 1.92. The Morgan fingerprint density at radius 1 is 1.50 bits per heavy atom. The molecule has 0 aromatic carbocycles. The minimum atomic E-state index is -2.11. The van der Waals surface area contributed by atoms with Crippen molar-refractivity contribution in [2.75, 3.05) is 13.1 Å². The summed E-state index contributed by atoms with van der Waals surface area (Å²) in [5.74, 6) is 0.246. The maximum absolute atomic E-state index is 10.9. The van der Waals surface area contributed by atoms with E-state index in [1.807, 2.05) is 0 Å². The monoisotopic (exact) mass is 190 g/mol. The molecule has 1 unspecified atom stereocenters. The second kappa shape index (κ2) is 4.11. The van der Waals surface area contributed by atoms with Crippen LogP contribution in [0.4, 0.5) is 0 Å². The second-order valence-electron chi connectivity index (χ2n) is 3.03.